The zero-order valence-electron chi connectivity index (χ0n) is 16.7. The Bertz CT molecular complexity index is 1040. The molecular formula is C24H23ClN2O3. The highest BCUT2D eigenvalue weighted by atomic mass is 35.5. The van der Waals surface area contributed by atoms with E-state index in [-0.39, 0.29) is 17.5 Å². The molecule has 30 heavy (non-hydrogen) atoms. The van der Waals surface area contributed by atoms with Crippen LogP contribution >= 0.6 is 11.6 Å². The molecule has 0 aliphatic heterocycles. The Morgan fingerprint density at radius 1 is 1.07 bits per heavy atom. The van der Waals surface area contributed by atoms with E-state index in [9.17, 15) is 9.59 Å². The van der Waals surface area contributed by atoms with E-state index in [1.807, 2.05) is 37.3 Å². The Morgan fingerprint density at radius 2 is 1.90 bits per heavy atom. The summed E-state index contributed by atoms with van der Waals surface area (Å²) >= 11 is 6.17. The molecule has 0 atom stereocenters. The molecule has 2 amide bonds. The first kappa shape index (κ1) is 21.4. The molecule has 2 aromatic carbocycles. The van der Waals surface area contributed by atoms with Crippen molar-refractivity contribution in [2.24, 2.45) is 0 Å². The molecule has 0 radical (unpaired) electrons. The van der Waals surface area contributed by atoms with Crippen molar-refractivity contribution in [3.63, 3.8) is 0 Å². The summed E-state index contributed by atoms with van der Waals surface area (Å²) in [5, 5.41) is 6.26. The van der Waals surface area contributed by atoms with E-state index < -0.39 is 0 Å². The fraction of sp³-hybridized carbons (Fsp3) is 0.167. The molecule has 3 aromatic rings. The second-order valence-corrected chi connectivity index (χ2v) is 7.26. The predicted octanol–water partition coefficient (Wildman–Crippen LogP) is 4.76. The van der Waals surface area contributed by atoms with Crippen LogP contribution in [0.4, 0.5) is 0 Å². The van der Waals surface area contributed by atoms with Gasteiger partial charge < -0.3 is 15.1 Å². The molecule has 0 fully saturated rings. The quantitative estimate of drug-likeness (QED) is 0.406. The van der Waals surface area contributed by atoms with E-state index in [1.54, 1.807) is 30.3 Å². The van der Waals surface area contributed by atoms with Crippen LogP contribution in [0.5, 0.6) is 0 Å². The van der Waals surface area contributed by atoms with Crippen LogP contribution in [0.2, 0.25) is 5.02 Å². The van der Waals surface area contributed by atoms with Gasteiger partial charge in [0, 0.05) is 23.2 Å². The molecule has 3 rings (SSSR count). The predicted molar refractivity (Wildman–Crippen MR) is 118 cm³/mol. The first-order valence-corrected chi connectivity index (χ1v) is 10.1. The van der Waals surface area contributed by atoms with E-state index in [0.717, 1.165) is 24.0 Å². The van der Waals surface area contributed by atoms with Gasteiger partial charge >= 0.3 is 0 Å². The number of carbonyl (C=O) groups excluding carboxylic acids is 2. The molecule has 154 valence electrons. The highest BCUT2D eigenvalue weighted by Gasteiger charge is 2.15. The van der Waals surface area contributed by atoms with Gasteiger partial charge in [0.25, 0.3) is 11.8 Å². The summed E-state index contributed by atoms with van der Waals surface area (Å²) in [6, 6.07) is 18.2. The smallest absolute Gasteiger partial charge is 0.267 e. The lowest BCUT2D eigenvalue weighted by Gasteiger charge is -2.11. The second kappa shape index (κ2) is 10.5. The summed E-state index contributed by atoms with van der Waals surface area (Å²) < 4.78 is 5.29. The van der Waals surface area contributed by atoms with Gasteiger partial charge in [-0.1, -0.05) is 47.5 Å². The van der Waals surface area contributed by atoms with Gasteiger partial charge in [0.05, 0.1) is 6.26 Å². The first-order chi connectivity index (χ1) is 14.5. The van der Waals surface area contributed by atoms with E-state index in [4.69, 9.17) is 16.0 Å². The molecule has 0 saturated heterocycles. The molecule has 0 aliphatic carbocycles. The summed E-state index contributed by atoms with van der Waals surface area (Å²) in [6.07, 6.45) is 4.48. The third kappa shape index (κ3) is 6.09. The number of hydrogen-bond acceptors (Lipinski definition) is 3. The molecule has 0 bridgehead atoms. The Hall–Kier alpha value is -3.31. The van der Waals surface area contributed by atoms with Gasteiger partial charge in [0.15, 0.2) is 0 Å². The zero-order valence-corrected chi connectivity index (χ0v) is 17.4. The number of carbonyl (C=O) groups is 2. The van der Waals surface area contributed by atoms with Gasteiger partial charge in [-0.3, -0.25) is 9.59 Å². The number of benzene rings is 2. The molecule has 1 heterocycles. The second-order valence-electron chi connectivity index (χ2n) is 6.85. The minimum Gasteiger partial charge on any atom is -0.465 e. The SMILES string of the molecule is Cc1cccc(C(=O)N/C(=C\c2ccco2)C(=O)NCCCc2ccccc2Cl)c1. The van der Waals surface area contributed by atoms with E-state index in [2.05, 4.69) is 10.6 Å². The summed E-state index contributed by atoms with van der Waals surface area (Å²) in [6.45, 7) is 2.35. The van der Waals surface area contributed by atoms with E-state index in [0.29, 0.717) is 22.9 Å². The van der Waals surface area contributed by atoms with Crippen molar-refractivity contribution < 1.29 is 14.0 Å². The van der Waals surface area contributed by atoms with Gasteiger partial charge in [0.2, 0.25) is 0 Å². The van der Waals surface area contributed by atoms with Crippen LogP contribution in [0.15, 0.2) is 77.0 Å². The van der Waals surface area contributed by atoms with Crippen LogP contribution in [0.1, 0.15) is 33.7 Å². The normalized spacial score (nSPS) is 11.2. The summed E-state index contributed by atoms with van der Waals surface area (Å²) in [7, 11) is 0. The Kier molecular flexibility index (Phi) is 7.46. The molecule has 2 N–H and O–H groups in total. The lowest BCUT2D eigenvalue weighted by atomic mass is 10.1. The monoisotopic (exact) mass is 422 g/mol. The number of aryl methyl sites for hydroxylation is 2. The number of amides is 2. The summed E-state index contributed by atoms with van der Waals surface area (Å²) in [5.41, 5.74) is 2.59. The average molecular weight is 423 g/mol. The molecule has 5 nitrogen and oxygen atoms in total. The van der Waals surface area contributed by atoms with Crippen LogP contribution < -0.4 is 10.6 Å². The Morgan fingerprint density at radius 3 is 2.63 bits per heavy atom. The molecule has 0 saturated carbocycles. The van der Waals surface area contributed by atoms with Crippen LogP contribution in [-0.4, -0.2) is 18.4 Å². The standard InChI is InChI=1S/C24H23ClN2O3/c1-17-7-4-9-19(15-17)23(28)27-22(16-20-11-6-14-30-20)24(29)26-13-5-10-18-8-2-3-12-21(18)25/h2-4,6-9,11-12,14-16H,5,10,13H2,1H3,(H,26,29)(H,27,28)/b22-16-. The molecule has 0 aliphatic rings. The van der Waals surface area contributed by atoms with Crippen molar-refractivity contribution in [1.82, 2.24) is 10.6 Å². The Labute approximate surface area is 180 Å². The van der Waals surface area contributed by atoms with Crippen molar-refractivity contribution in [2.75, 3.05) is 6.54 Å². The van der Waals surface area contributed by atoms with Crippen molar-refractivity contribution in [2.45, 2.75) is 19.8 Å². The molecule has 6 heteroatoms. The van der Waals surface area contributed by atoms with Gasteiger partial charge in [0.1, 0.15) is 11.5 Å². The average Bonchev–Trinajstić information content (AvgIpc) is 3.25. The zero-order chi connectivity index (χ0) is 21.3. The van der Waals surface area contributed by atoms with Crippen molar-refractivity contribution in [1.29, 1.82) is 0 Å². The van der Waals surface area contributed by atoms with E-state index >= 15 is 0 Å². The fourth-order valence-corrected chi connectivity index (χ4v) is 3.16. The highest BCUT2D eigenvalue weighted by molar-refractivity contribution is 6.31. The van der Waals surface area contributed by atoms with Gasteiger partial charge in [-0.25, -0.2) is 0 Å². The maximum Gasteiger partial charge on any atom is 0.267 e. The number of halogens is 1. The lowest BCUT2D eigenvalue weighted by molar-refractivity contribution is -0.117. The largest absolute Gasteiger partial charge is 0.465 e. The molecule has 1 aromatic heterocycles. The lowest BCUT2D eigenvalue weighted by Crippen LogP contribution is -2.35. The van der Waals surface area contributed by atoms with Crippen molar-refractivity contribution in [3.8, 4) is 0 Å². The Balaban J connectivity index is 1.64. The van der Waals surface area contributed by atoms with Crippen LogP contribution in [0.3, 0.4) is 0 Å². The minimum atomic E-state index is -0.383. The number of furan rings is 1. The maximum absolute atomic E-state index is 12.7. The van der Waals surface area contributed by atoms with Crippen LogP contribution in [0.25, 0.3) is 6.08 Å². The number of hydrogen-bond donors (Lipinski definition) is 2. The third-order valence-electron chi connectivity index (χ3n) is 4.47. The van der Waals surface area contributed by atoms with Gasteiger partial charge in [-0.15, -0.1) is 0 Å². The van der Waals surface area contributed by atoms with Gasteiger partial charge in [-0.2, -0.15) is 0 Å². The first-order valence-electron chi connectivity index (χ1n) is 9.68. The molecular weight excluding hydrogens is 400 g/mol. The van der Waals surface area contributed by atoms with Crippen LogP contribution in [0, 0.1) is 6.92 Å². The topological polar surface area (TPSA) is 71.3 Å². The molecule has 0 unspecified atom stereocenters. The fourth-order valence-electron chi connectivity index (χ4n) is 2.93. The third-order valence-corrected chi connectivity index (χ3v) is 4.84. The number of nitrogens with one attached hydrogen (secondary N) is 2. The summed E-state index contributed by atoms with van der Waals surface area (Å²) in [4.78, 5) is 25.3. The van der Waals surface area contributed by atoms with Crippen molar-refractivity contribution >= 4 is 29.5 Å². The summed E-state index contributed by atoms with van der Waals surface area (Å²) in [5.74, 6) is -0.268. The molecule has 0 spiro atoms. The van der Waals surface area contributed by atoms with Crippen molar-refractivity contribution in [3.05, 3.63) is 100 Å². The maximum atomic E-state index is 12.7. The van der Waals surface area contributed by atoms with Gasteiger partial charge in [-0.05, 0) is 55.7 Å². The minimum absolute atomic E-state index is 0.120. The van der Waals surface area contributed by atoms with E-state index in [1.165, 1.54) is 12.3 Å². The number of rotatable bonds is 8. The highest BCUT2D eigenvalue weighted by Crippen LogP contribution is 2.16. The van der Waals surface area contributed by atoms with Crippen LogP contribution in [-0.2, 0) is 11.2 Å².